The molecule has 0 fully saturated rings. The Labute approximate surface area is 207 Å². The van der Waals surface area contributed by atoms with Crippen molar-refractivity contribution >= 4 is 52.3 Å². The highest BCUT2D eigenvalue weighted by Gasteiger charge is 2.39. The van der Waals surface area contributed by atoms with Crippen LogP contribution in [0.1, 0.15) is 16.7 Å². The molecule has 1 heterocycles. The number of amides is 3. The maximum Gasteiger partial charge on any atom is 0.283 e. The smallest absolute Gasteiger partial charge is 0.283 e. The van der Waals surface area contributed by atoms with Gasteiger partial charge in [0.1, 0.15) is 10.7 Å². The summed E-state index contributed by atoms with van der Waals surface area (Å²) < 4.78 is 0. The third kappa shape index (κ3) is 4.98. The van der Waals surface area contributed by atoms with Crippen molar-refractivity contribution in [2.24, 2.45) is 0 Å². The van der Waals surface area contributed by atoms with E-state index in [1.165, 1.54) is 0 Å². The Kier molecular flexibility index (Phi) is 7.01. The first-order valence-corrected chi connectivity index (χ1v) is 11.3. The number of nitrogens with zero attached hydrogens (tertiary/aromatic N) is 1. The molecule has 0 unspecified atom stereocenters. The third-order valence-electron chi connectivity index (χ3n) is 5.43. The molecular weight excluding hydrogens is 473 g/mol. The van der Waals surface area contributed by atoms with Gasteiger partial charge in [0.2, 0.25) is 5.91 Å². The van der Waals surface area contributed by atoms with Crippen LogP contribution in [0.3, 0.4) is 0 Å². The second-order valence-corrected chi connectivity index (χ2v) is 8.56. The van der Waals surface area contributed by atoms with Crippen LogP contribution in [0.25, 0.3) is 0 Å². The van der Waals surface area contributed by atoms with Crippen molar-refractivity contribution < 1.29 is 14.4 Å². The first-order valence-electron chi connectivity index (χ1n) is 10.6. The van der Waals surface area contributed by atoms with Gasteiger partial charge in [-0.25, -0.2) is 4.90 Å². The van der Waals surface area contributed by atoms with Crippen molar-refractivity contribution in [3.05, 3.63) is 105 Å². The van der Waals surface area contributed by atoms with Crippen LogP contribution in [0.4, 0.5) is 11.4 Å². The lowest BCUT2D eigenvalue weighted by Gasteiger charge is -2.18. The molecule has 1 aliphatic heterocycles. The molecule has 0 saturated heterocycles. The van der Waals surface area contributed by atoms with Crippen molar-refractivity contribution in [3.8, 4) is 0 Å². The maximum absolute atomic E-state index is 13.0. The Bertz CT molecular complexity index is 1290. The third-order valence-corrected chi connectivity index (χ3v) is 6.19. The van der Waals surface area contributed by atoms with E-state index < -0.39 is 11.8 Å². The molecule has 34 heavy (non-hydrogen) atoms. The minimum Gasteiger partial charge on any atom is -0.352 e. The first kappa shape index (κ1) is 23.5. The van der Waals surface area contributed by atoms with E-state index in [4.69, 9.17) is 23.2 Å². The quantitative estimate of drug-likeness (QED) is 0.456. The highest BCUT2D eigenvalue weighted by Crippen LogP contribution is 2.34. The molecule has 1 aliphatic rings. The summed E-state index contributed by atoms with van der Waals surface area (Å²) >= 11 is 12.4. The molecule has 8 heteroatoms. The summed E-state index contributed by atoms with van der Waals surface area (Å²) in [7, 11) is 0. The van der Waals surface area contributed by atoms with Crippen LogP contribution in [-0.2, 0) is 27.3 Å². The molecule has 172 valence electrons. The number of carbonyl (C=O) groups excluding carboxylic acids is 3. The molecule has 0 radical (unpaired) electrons. The highest BCUT2D eigenvalue weighted by atomic mass is 35.5. The Balaban J connectivity index is 1.41. The fourth-order valence-electron chi connectivity index (χ4n) is 3.56. The number of rotatable bonds is 7. The summed E-state index contributed by atoms with van der Waals surface area (Å²) in [6, 6.07) is 21.7. The molecule has 3 amide bonds. The van der Waals surface area contributed by atoms with Gasteiger partial charge in [-0.2, -0.15) is 0 Å². The van der Waals surface area contributed by atoms with Gasteiger partial charge in [0.15, 0.2) is 0 Å². The largest absolute Gasteiger partial charge is 0.352 e. The minimum absolute atomic E-state index is 0.0144. The lowest BCUT2D eigenvalue weighted by molar-refractivity contribution is -0.121. The number of hydrogen-bond donors (Lipinski definition) is 2. The molecule has 3 aromatic carbocycles. The molecule has 4 rings (SSSR count). The number of nitrogens with one attached hydrogen (secondary N) is 2. The van der Waals surface area contributed by atoms with Crippen molar-refractivity contribution in [2.75, 3.05) is 10.2 Å². The van der Waals surface area contributed by atoms with E-state index in [9.17, 15) is 14.4 Å². The van der Waals surface area contributed by atoms with Gasteiger partial charge in [-0.3, -0.25) is 14.4 Å². The molecule has 0 spiro atoms. The van der Waals surface area contributed by atoms with Gasteiger partial charge in [-0.1, -0.05) is 71.7 Å². The summed E-state index contributed by atoms with van der Waals surface area (Å²) in [6.07, 6.45) is 0.218. The lowest BCUT2D eigenvalue weighted by atomic mass is 10.1. The maximum atomic E-state index is 13.0. The topological polar surface area (TPSA) is 78.5 Å². The van der Waals surface area contributed by atoms with E-state index in [0.717, 1.165) is 16.0 Å². The van der Waals surface area contributed by atoms with Gasteiger partial charge < -0.3 is 10.6 Å². The fourth-order valence-corrected chi connectivity index (χ4v) is 3.95. The first-order chi connectivity index (χ1) is 16.3. The number of halogens is 2. The Morgan fingerprint density at radius 1 is 0.853 bits per heavy atom. The van der Waals surface area contributed by atoms with E-state index in [0.29, 0.717) is 28.5 Å². The average molecular weight is 494 g/mol. The average Bonchev–Trinajstić information content (AvgIpc) is 3.04. The molecule has 2 N–H and O–H groups in total. The molecule has 0 aromatic heterocycles. The van der Waals surface area contributed by atoms with E-state index in [1.807, 2.05) is 30.3 Å². The molecule has 6 nitrogen and oxygen atoms in total. The Morgan fingerprint density at radius 3 is 2.26 bits per heavy atom. The number of carbonyl (C=O) groups is 3. The molecule has 0 saturated carbocycles. The normalized spacial score (nSPS) is 13.4. The van der Waals surface area contributed by atoms with Crippen molar-refractivity contribution in [3.63, 3.8) is 0 Å². The fraction of sp³-hybridized carbons (Fsp3) is 0.115. The summed E-state index contributed by atoms with van der Waals surface area (Å²) in [5.41, 5.74) is 3.37. The predicted octanol–water partition coefficient (Wildman–Crippen LogP) is 4.94. The molecule has 0 atom stereocenters. The summed E-state index contributed by atoms with van der Waals surface area (Å²) in [5, 5.41) is 6.07. The zero-order valence-electron chi connectivity index (χ0n) is 18.3. The zero-order chi connectivity index (χ0) is 24.2. The minimum atomic E-state index is -0.619. The van der Waals surface area contributed by atoms with Gasteiger partial charge >= 0.3 is 0 Å². The van der Waals surface area contributed by atoms with E-state index in [1.54, 1.807) is 49.4 Å². The monoisotopic (exact) mass is 493 g/mol. The number of benzene rings is 3. The molecule has 3 aromatic rings. The highest BCUT2D eigenvalue weighted by molar-refractivity contribution is 6.53. The van der Waals surface area contributed by atoms with Gasteiger partial charge in [-0.05, 0) is 47.9 Å². The van der Waals surface area contributed by atoms with Crippen LogP contribution in [0.15, 0.2) is 83.5 Å². The van der Waals surface area contributed by atoms with Crippen LogP contribution in [-0.4, -0.2) is 17.7 Å². The Hall–Kier alpha value is -3.61. The van der Waals surface area contributed by atoms with Crippen LogP contribution >= 0.6 is 23.2 Å². The number of hydrogen-bond acceptors (Lipinski definition) is 4. The van der Waals surface area contributed by atoms with Gasteiger partial charge in [0.05, 0.1) is 12.1 Å². The standard InChI is InChI=1S/C26H21Cl2N3O3/c1-16-20(27)8-5-9-21(16)31-25(33)23(28)24(26(31)34)30-19-12-10-17(11-13-19)14-22(32)29-15-18-6-3-2-4-7-18/h2-13,30H,14-15H2,1H3,(H,29,32). The van der Waals surface area contributed by atoms with Crippen molar-refractivity contribution in [1.82, 2.24) is 5.32 Å². The van der Waals surface area contributed by atoms with Crippen molar-refractivity contribution in [2.45, 2.75) is 19.9 Å². The van der Waals surface area contributed by atoms with E-state index in [2.05, 4.69) is 10.6 Å². The summed E-state index contributed by atoms with van der Waals surface area (Å²) in [4.78, 5) is 39.0. The number of anilines is 2. The van der Waals surface area contributed by atoms with E-state index in [-0.39, 0.29) is 23.1 Å². The van der Waals surface area contributed by atoms with Crippen LogP contribution in [0.5, 0.6) is 0 Å². The second kappa shape index (κ2) is 10.1. The lowest BCUT2D eigenvalue weighted by Crippen LogP contribution is -2.32. The van der Waals surface area contributed by atoms with Gasteiger partial charge in [-0.15, -0.1) is 0 Å². The van der Waals surface area contributed by atoms with Crippen LogP contribution in [0.2, 0.25) is 5.02 Å². The predicted molar refractivity (Wildman–Crippen MR) is 134 cm³/mol. The zero-order valence-corrected chi connectivity index (χ0v) is 19.8. The number of imide groups is 1. The molecular formula is C26H21Cl2N3O3. The Morgan fingerprint density at radius 2 is 1.56 bits per heavy atom. The summed E-state index contributed by atoms with van der Waals surface area (Å²) in [5.74, 6) is -1.28. The SMILES string of the molecule is Cc1c(Cl)cccc1N1C(=O)C(Cl)=C(Nc2ccc(CC(=O)NCc3ccccc3)cc2)C1=O. The van der Waals surface area contributed by atoms with E-state index >= 15 is 0 Å². The second-order valence-electron chi connectivity index (χ2n) is 7.78. The summed E-state index contributed by atoms with van der Waals surface area (Å²) in [6.45, 7) is 2.19. The van der Waals surface area contributed by atoms with Gasteiger partial charge in [0, 0.05) is 17.3 Å². The molecule has 0 aliphatic carbocycles. The van der Waals surface area contributed by atoms with Crippen molar-refractivity contribution in [1.29, 1.82) is 0 Å². The van der Waals surface area contributed by atoms with Crippen LogP contribution in [0, 0.1) is 6.92 Å². The van der Waals surface area contributed by atoms with Gasteiger partial charge in [0.25, 0.3) is 11.8 Å². The van der Waals surface area contributed by atoms with Crippen LogP contribution < -0.4 is 15.5 Å². The molecule has 0 bridgehead atoms.